The van der Waals surface area contributed by atoms with Crippen LogP contribution in [0.3, 0.4) is 0 Å². The molecule has 1 unspecified atom stereocenters. The van der Waals surface area contributed by atoms with Crippen LogP contribution in [-0.4, -0.2) is 65.2 Å². The van der Waals surface area contributed by atoms with Crippen LogP contribution in [0.1, 0.15) is 0 Å². The van der Waals surface area contributed by atoms with Crippen LogP contribution in [0.4, 0.5) is 5.82 Å². The number of nitrogens with zero attached hydrogens (tertiary/aromatic N) is 3. The molecule has 0 spiro atoms. The van der Waals surface area contributed by atoms with E-state index in [1.54, 1.807) is 13.2 Å². The van der Waals surface area contributed by atoms with Crippen LogP contribution in [0.15, 0.2) is 23.2 Å². The molecule has 20 heavy (non-hydrogen) atoms. The normalized spacial score (nSPS) is 13.5. The van der Waals surface area contributed by atoms with E-state index in [-0.39, 0.29) is 10.9 Å². The van der Waals surface area contributed by atoms with E-state index in [0.29, 0.717) is 19.0 Å². The molecule has 1 atom stereocenters. The zero-order valence-electron chi connectivity index (χ0n) is 12.3. The van der Waals surface area contributed by atoms with Crippen molar-refractivity contribution in [2.45, 2.75) is 10.9 Å². The number of nitrogens with two attached hydrogens (primary N) is 1. The number of aromatic nitrogens is 1. The van der Waals surface area contributed by atoms with Gasteiger partial charge < -0.3 is 15.4 Å². The topological polar surface area (TPSA) is 88.8 Å². The summed E-state index contributed by atoms with van der Waals surface area (Å²) in [5.74, 6) is 0.661. The lowest BCUT2D eigenvalue weighted by molar-refractivity contribution is 0.181. The lowest BCUT2D eigenvalue weighted by atomic mass is 10.3. The van der Waals surface area contributed by atoms with E-state index in [9.17, 15) is 8.42 Å². The van der Waals surface area contributed by atoms with Crippen molar-refractivity contribution in [1.29, 1.82) is 0 Å². The Kier molecular flexibility index (Phi) is 5.88. The first-order valence-electron chi connectivity index (χ1n) is 6.13. The molecule has 0 fully saturated rings. The number of ether oxygens (including phenoxy) is 1. The molecule has 0 radical (unpaired) electrons. The Bertz CT molecular complexity index is 516. The van der Waals surface area contributed by atoms with Crippen molar-refractivity contribution in [3.8, 4) is 0 Å². The van der Waals surface area contributed by atoms with E-state index in [2.05, 4.69) is 4.98 Å². The molecule has 0 aliphatic rings. The molecule has 0 aliphatic heterocycles. The average Bonchev–Trinajstić information content (AvgIpc) is 2.38. The second-order valence-electron chi connectivity index (χ2n) is 4.74. The molecule has 1 rings (SSSR count). The fourth-order valence-corrected chi connectivity index (χ4v) is 2.52. The standard InChI is InChI=1S/C12H22N4O3S/c1-15(2)20(17,18)11-5-6-12(14-7-11)16(3)8-10(13)9-19-4/h5-7,10H,8-9,13H2,1-4H3. The van der Waals surface area contributed by atoms with Gasteiger partial charge in [-0.2, -0.15) is 0 Å². The van der Waals surface area contributed by atoms with E-state index < -0.39 is 10.0 Å². The van der Waals surface area contributed by atoms with Crippen LogP contribution in [0.2, 0.25) is 0 Å². The molecule has 1 heterocycles. The first-order valence-corrected chi connectivity index (χ1v) is 7.57. The molecule has 7 nitrogen and oxygen atoms in total. The van der Waals surface area contributed by atoms with Crippen molar-refractivity contribution < 1.29 is 13.2 Å². The van der Waals surface area contributed by atoms with E-state index >= 15 is 0 Å². The second-order valence-corrected chi connectivity index (χ2v) is 6.89. The molecule has 114 valence electrons. The zero-order valence-corrected chi connectivity index (χ0v) is 13.1. The molecule has 1 aromatic heterocycles. The van der Waals surface area contributed by atoms with Crippen molar-refractivity contribution in [2.75, 3.05) is 46.3 Å². The summed E-state index contributed by atoms with van der Waals surface area (Å²) in [4.78, 5) is 6.19. The van der Waals surface area contributed by atoms with Gasteiger partial charge in [0.25, 0.3) is 0 Å². The Balaban J connectivity index is 2.81. The van der Waals surface area contributed by atoms with E-state index in [1.807, 2.05) is 11.9 Å². The summed E-state index contributed by atoms with van der Waals surface area (Å²) in [5.41, 5.74) is 5.86. The highest BCUT2D eigenvalue weighted by Crippen LogP contribution is 2.15. The van der Waals surface area contributed by atoms with Gasteiger partial charge in [0, 0.05) is 47.0 Å². The smallest absolute Gasteiger partial charge is 0.244 e. The maximum Gasteiger partial charge on any atom is 0.244 e. The average molecular weight is 302 g/mol. The van der Waals surface area contributed by atoms with Crippen LogP contribution in [-0.2, 0) is 14.8 Å². The number of rotatable bonds is 7. The number of pyridine rings is 1. The maximum absolute atomic E-state index is 11.9. The van der Waals surface area contributed by atoms with Gasteiger partial charge in [0.05, 0.1) is 6.61 Å². The number of hydrogen-bond donors (Lipinski definition) is 1. The van der Waals surface area contributed by atoms with Crippen molar-refractivity contribution in [1.82, 2.24) is 9.29 Å². The van der Waals surface area contributed by atoms with Gasteiger partial charge >= 0.3 is 0 Å². The lowest BCUT2D eigenvalue weighted by Crippen LogP contribution is -2.38. The number of methoxy groups -OCH3 is 1. The van der Waals surface area contributed by atoms with Crippen LogP contribution in [0.5, 0.6) is 0 Å². The zero-order chi connectivity index (χ0) is 15.3. The molecule has 0 saturated heterocycles. The monoisotopic (exact) mass is 302 g/mol. The highest BCUT2D eigenvalue weighted by atomic mass is 32.2. The quantitative estimate of drug-likeness (QED) is 0.746. The summed E-state index contributed by atoms with van der Waals surface area (Å²) < 4.78 is 30.0. The first-order chi connectivity index (χ1) is 9.28. The second kappa shape index (κ2) is 6.98. The summed E-state index contributed by atoms with van der Waals surface area (Å²) in [5, 5.41) is 0. The number of sulfonamides is 1. The predicted octanol–water partition coefficient (Wildman–Crippen LogP) is -0.258. The van der Waals surface area contributed by atoms with Gasteiger partial charge in [-0.3, -0.25) is 0 Å². The SMILES string of the molecule is COCC(N)CN(C)c1ccc(S(=O)(=O)N(C)C)cn1. The Labute approximate surface area is 120 Å². The van der Waals surface area contributed by atoms with E-state index in [1.165, 1.54) is 26.4 Å². The van der Waals surface area contributed by atoms with Crippen LogP contribution in [0.25, 0.3) is 0 Å². The fraction of sp³-hybridized carbons (Fsp3) is 0.583. The fourth-order valence-electron chi connectivity index (χ4n) is 1.67. The highest BCUT2D eigenvalue weighted by molar-refractivity contribution is 7.89. The van der Waals surface area contributed by atoms with Crippen LogP contribution < -0.4 is 10.6 Å². The summed E-state index contributed by atoms with van der Waals surface area (Å²) >= 11 is 0. The lowest BCUT2D eigenvalue weighted by Gasteiger charge is -2.22. The molecule has 8 heteroatoms. The molecular formula is C12H22N4O3S. The number of likely N-dealkylation sites (N-methyl/N-ethyl adjacent to an activating group) is 1. The maximum atomic E-state index is 11.9. The molecule has 0 bridgehead atoms. The number of anilines is 1. The molecule has 0 saturated carbocycles. The van der Waals surface area contributed by atoms with Gasteiger partial charge in [-0.15, -0.1) is 0 Å². The molecule has 0 aromatic carbocycles. The molecular weight excluding hydrogens is 280 g/mol. The van der Waals surface area contributed by atoms with Crippen molar-refractivity contribution >= 4 is 15.8 Å². The highest BCUT2D eigenvalue weighted by Gasteiger charge is 2.18. The minimum atomic E-state index is -3.44. The minimum absolute atomic E-state index is 0.128. The van der Waals surface area contributed by atoms with E-state index in [0.717, 1.165) is 4.31 Å². The van der Waals surface area contributed by atoms with Crippen molar-refractivity contribution in [2.24, 2.45) is 5.73 Å². The van der Waals surface area contributed by atoms with Crippen LogP contribution >= 0.6 is 0 Å². The third kappa shape index (κ3) is 4.14. The minimum Gasteiger partial charge on any atom is -0.383 e. The molecule has 1 aromatic rings. The largest absolute Gasteiger partial charge is 0.383 e. The Hall–Kier alpha value is -1.22. The van der Waals surface area contributed by atoms with Crippen molar-refractivity contribution in [3.05, 3.63) is 18.3 Å². The Morgan fingerprint density at radius 1 is 1.35 bits per heavy atom. The van der Waals surface area contributed by atoms with Gasteiger partial charge in [-0.05, 0) is 12.1 Å². The van der Waals surface area contributed by atoms with E-state index in [4.69, 9.17) is 10.5 Å². The summed E-state index contributed by atoms with van der Waals surface area (Å²) in [7, 11) is 2.97. The summed E-state index contributed by atoms with van der Waals surface area (Å²) in [6, 6.07) is 3.07. The van der Waals surface area contributed by atoms with Gasteiger partial charge in [-0.25, -0.2) is 17.7 Å². The molecule has 0 amide bonds. The van der Waals surface area contributed by atoms with Gasteiger partial charge in [0.15, 0.2) is 0 Å². The summed E-state index contributed by atoms with van der Waals surface area (Å²) in [6.45, 7) is 1.03. The Morgan fingerprint density at radius 2 is 2.00 bits per heavy atom. The first kappa shape index (κ1) is 16.8. The summed E-state index contributed by atoms with van der Waals surface area (Å²) in [6.07, 6.45) is 1.35. The Morgan fingerprint density at radius 3 is 2.45 bits per heavy atom. The van der Waals surface area contributed by atoms with Crippen molar-refractivity contribution in [3.63, 3.8) is 0 Å². The predicted molar refractivity (Wildman–Crippen MR) is 78.2 cm³/mol. The number of hydrogen-bond acceptors (Lipinski definition) is 6. The van der Waals surface area contributed by atoms with Crippen LogP contribution in [0, 0.1) is 0 Å². The third-order valence-electron chi connectivity index (χ3n) is 2.78. The van der Waals surface area contributed by atoms with Gasteiger partial charge in [0.2, 0.25) is 10.0 Å². The molecule has 2 N–H and O–H groups in total. The van der Waals surface area contributed by atoms with Gasteiger partial charge in [-0.1, -0.05) is 0 Å². The van der Waals surface area contributed by atoms with Gasteiger partial charge in [0.1, 0.15) is 10.7 Å². The third-order valence-corrected chi connectivity index (χ3v) is 4.58. The molecule has 0 aliphatic carbocycles.